The smallest absolute Gasteiger partial charge is 0.215 e. The van der Waals surface area contributed by atoms with Crippen LogP contribution in [0, 0.1) is 5.92 Å². The van der Waals surface area contributed by atoms with E-state index in [0.717, 1.165) is 19.4 Å². The Morgan fingerprint density at radius 1 is 1.40 bits per heavy atom. The van der Waals surface area contributed by atoms with Gasteiger partial charge in [-0.05, 0) is 32.2 Å². The topological polar surface area (TPSA) is 58.2 Å². The highest BCUT2D eigenvalue weighted by Crippen LogP contribution is 2.27. The van der Waals surface area contributed by atoms with E-state index in [1.807, 2.05) is 6.92 Å². The molecule has 4 nitrogen and oxygen atoms in total. The van der Waals surface area contributed by atoms with Crippen molar-refractivity contribution in [1.82, 2.24) is 10.0 Å². The highest BCUT2D eigenvalue weighted by Gasteiger charge is 2.31. The maximum absolute atomic E-state index is 11.8. The van der Waals surface area contributed by atoms with Gasteiger partial charge in [0.05, 0.1) is 5.25 Å². The summed E-state index contributed by atoms with van der Waals surface area (Å²) in [6, 6.07) is 0.175. The first kappa shape index (κ1) is 12.9. The Hall–Kier alpha value is -0.130. The van der Waals surface area contributed by atoms with E-state index in [-0.39, 0.29) is 11.3 Å². The molecular formula is C10H22N2O2S. The fourth-order valence-electron chi connectivity index (χ4n) is 1.80. The molecule has 0 amide bonds. The first-order valence-electron chi connectivity index (χ1n) is 5.67. The summed E-state index contributed by atoms with van der Waals surface area (Å²) in [5.41, 5.74) is 0. The quantitative estimate of drug-likeness (QED) is 0.711. The summed E-state index contributed by atoms with van der Waals surface area (Å²) in [6.07, 6.45) is 1.96. The van der Waals surface area contributed by atoms with Crippen molar-refractivity contribution < 1.29 is 8.42 Å². The Morgan fingerprint density at radius 3 is 2.47 bits per heavy atom. The van der Waals surface area contributed by atoms with Crippen LogP contribution in [0.5, 0.6) is 0 Å². The van der Waals surface area contributed by atoms with Crippen molar-refractivity contribution in [2.45, 2.75) is 44.9 Å². The van der Waals surface area contributed by atoms with Crippen molar-refractivity contribution in [3.05, 3.63) is 0 Å². The molecule has 1 aliphatic carbocycles. The lowest BCUT2D eigenvalue weighted by molar-refractivity contribution is 0.269. The van der Waals surface area contributed by atoms with E-state index in [1.54, 1.807) is 6.92 Å². The predicted octanol–water partition coefficient (Wildman–Crippen LogP) is 0.702. The van der Waals surface area contributed by atoms with E-state index in [4.69, 9.17) is 0 Å². The third-order valence-corrected chi connectivity index (χ3v) is 4.80. The van der Waals surface area contributed by atoms with Gasteiger partial charge in [0.15, 0.2) is 0 Å². The Labute approximate surface area is 92.9 Å². The van der Waals surface area contributed by atoms with Crippen LogP contribution in [0.25, 0.3) is 0 Å². The van der Waals surface area contributed by atoms with Gasteiger partial charge in [-0.2, -0.15) is 0 Å². The summed E-state index contributed by atoms with van der Waals surface area (Å²) in [7, 11) is -3.13. The summed E-state index contributed by atoms with van der Waals surface area (Å²) < 4.78 is 26.4. The van der Waals surface area contributed by atoms with E-state index < -0.39 is 10.0 Å². The number of nitrogens with one attached hydrogen (secondary N) is 2. The molecule has 1 unspecified atom stereocenters. The van der Waals surface area contributed by atoms with Gasteiger partial charge in [-0.15, -0.1) is 0 Å². The van der Waals surface area contributed by atoms with Gasteiger partial charge in [0.25, 0.3) is 0 Å². The van der Waals surface area contributed by atoms with Gasteiger partial charge in [-0.3, -0.25) is 0 Å². The van der Waals surface area contributed by atoms with Crippen LogP contribution in [0.4, 0.5) is 0 Å². The van der Waals surface area contributed by atoms with Crippen LogP contribution in [-0.2, 0) is 10.0 Å². The average molecular weight is 234 g/mol. The first-order chi connectivity index (χ1) is 6.95. The normalized spacial score (nSPS) is 28.5. The molecule has 0 saturated heterocycles. The number of rotatable bonds is 6. The molecule has 1 aliphatic rings. The summed E-state index contributed by atoms with van der Waals surface area (Å²) in [6.45, 7) is 7.19. The number of hydrogen-bond donors (Lipinski definition) is 2. The van der Waals surface area contributed by atoms with Gasteiger partial charge in [0.1, 0.15) is 0 Å². The van der Waals surface area contributed by atoms with Crippen molar-refractivity contribution in [2.24, 2.45) is 5.92 Å². The van der Waals surface area contributed by atoms with Gasteiger partial charge in [0.2, 0.25) is 10.0 Å². The molecule has 1 rings (SSSR count). The summed E-state index contributed by atoms with van der Waals surface area (Å²) >= 11 is 0. The van der Waals surface area contributed by atoms with Gasteiger partial charge in [0, 0.05) is 12.6 Å². The molecule has 0 bridgehead atoms. The highest BCUT2D eigenvalue weighted by atomic mass is 32.2. The van der Waals surface area contributed by atoms with Gasteiger partial charge < -0.3 is 5.32 Å². The third-order valence-electron chi connectivity index (χ3n) is 2.92. The molecule has 1 saturated carbocycles. The summed E-state index contributed by atoms with van der Waals surface area (Å²) in [5, 5.41) is 2.70. The molecule has 0 spiro atoms. The fourth-order valence-corrected chi connectivity index (χ4v) is 3.03. The third kappa shape index (κ3) is 3.74. The van der Waals surface area contributed by atoms with E-state index in [9.17, 15) is 8.42 Å². The molecule has 0 heterocycles. The second-order valence-corrected chi connectivity index (χ2v) is 6.69. The van der Waals surface area contributed by atoms with Crippen molar-refractivity contribution in [3.8, 4) is 0 Å². The maximum Gasteiger partial charge on any atom is 0.215 e. The van der Waals surface area contributed by atoms with Crippen LogP contribution in [-0.4, -0.2) is 32.8 Å². The first-order valence-corrected chi connectivity index (χ1v) is 7.22. The van der Waals surface area contributed by atoms with Crippen LogP contribution >= 0.6 is 0 Å². The van der Waals surface area contributed by atoms with Crippen molar-refractivity contribution in [1.29, 1.82) is 0 Å². The molecule has 0 aromatic carbocycles. The second-order valence-electron chi connectivity index (χ2n) is 4.55. The SMILES string of the molecule is CCNCC(C)S(=O)(=O)NC1CC(C)C1. The van der Waals surface area contributed by atoms with Crippen LogP contribution in [0.15, 0.2) is 0 Å². The van der Waals surface area contributed by atoms with Gasteiger partial charge in [-0.25, -0.2) is 13.1 Å². The van der Waals surface area contributed by atoms with Crippen LogP contribution in [0.2, 0.25) is 0 Å². The van der Waals surface area contributed by atoms with Crippen molar-refractivity contribution in [2.75, 3.05) is 13.1 Å². The molecule has 5 heteroatoms. The predicted molar refractivity (Wildman–Crippen MR) is 62.2 cm³/mol. The zero-order valence-corrected chi connectivity index (χ0v) is 10.6. The maximum atomic E-state index is 11.8. The molecule has 0 aliphatic heterocycles. The standard InChI is InChI=1S/C10H22N2O2S/c1-4-11-7-9(3)15(13,14)12-10-5-8(2)6-10/h8-12H,4-7H2,1-3H3. The molecular weight excluding hydrogens is 212 g/mol. The molecule has 0 radical (unpaired) electrons. The minimum Gasteiger partial charge on any atom is -0.316 e. The largest absolute Gasteiger partial charge is 0.316 e. The zero-order valence-electron chi connectivity index (χ0n) is 9.79. The highest BCUT2D eigenvalue weighted by molar-refractivity contribution is 7.90. The summed E-state index contributed by atoms with van der Waals surface area (Å²) in [4.78, 5) is 0. The van der Waals surface area contributed by atoms with Crippen LogP contribution in [0.3, 0.4) is 0 Å². The monoisotopic (exact) mass is 234 g/mol. The van der Waals surface area contributed by atoms with Gasteiger partial charge >= 0.3 is 0 Å². The molecule has 0 aromatic heterocycles. The van der Waals surface area contributed by atoms with Crippen molar-refractivity contribution >= 4 is 10.0 Å². The Morgan fingerprint density at radius 2 is 2.00 bits per heavy atom. The Kier molecular flexibility index (Phi) is 4.55. The van der Waals surface area contributed by atoms with Gasteiger partial charge in [-0.1, -0.05) is 13.8 Å². The Bertz CT molecular complexity index is 284. The van der Waals surface area contributed by atoms with Crippen LogP contribution in [0.1, 0.15) is 33.6 Å². The molecule has 15 heavy (non-hydrogen) atoms. The molecule has 2 N–H and O–H groups in total. The van der Waals surface area contributed by atoms with Crippen molar-refractivity contribution in [3.63, 3.8) is 0 Å². The molecule has 90 valence electrons. The number of sulfonamides is 1. The fraction of sp³-hybridized carbons (Fsp3) is 1.00. The average Bonchev–Trinajstić information content (AvgIpc) is 2.11. The lowest BCUT2D eigenvalue weighted by Crippen LogP contribution is -2.48. The minimum atomic E-state index is -3.13. The Balaban J connectivity index is 2.37. The summed E-state index contributed by atoms with van der Waals surface area (Å²) in [5.74, 6) is 0.668. The lowest BCUT2D eigenvalue weighted by Gasteiger charge is -2.33. The lowest BCUT2D eigenvalue weighted by atomic mass is 9.83. The van der Waals surface area contributed by atoms with Crippen LogP contribution < -0.4 is 10.0 Å². The van der Waals surface area contributed by atoms with E-state index in [2.05, 4.69) is 17.0 Å². The number of hydrogen-bond acceptors (Lipinski definition) is 3. The second kappa shape index (κ2) is 5.27. The zero-order chi connectivity index (χ0) is 11.5. The molecule has 0 aromatic rings. The van der Waals surface area contributed by atoms with E-state index in [0.29, 0.717) is 12.5 Å². The van der Waals surface area contributed by atoms with E-state index >= 15 is 0 Å². The molecule has 1 fully saturated rings. The van der Waals surface area contributed by atoms with E-state index in [1.165, 1.54) is 0 Å². The molecule has 1 atom stereocenters. The minimum absolute atomic E-state index is 0.175.